The van der Waals surface area contributed by atoms with Gasteiger partial charge in [-0.15, -0.1) is 0 Å². The monoisotopic (exact) mass is 338 g/mol. The molecular formula is C15H9Cl3N2O. The highest BCUT2D eigenvalue weighted by Gasteiger charge is 2.19. The molecule has 0 atom stereocenters. The number of nitrogens with two attached hydrogens (primary N) is 1. The van der Waals surface area contributed by atoms with Crippen molar-refractivity contribution in [2.24, 2.45) is 0 Å². The van der Waals surface area contributed by atoms with Crippen LogP contribution in [0.15, 0.2) is 36.5 Å². The van der Waals surface area contributed by atoms with E-state index in [0.717, 1.165) is 5.39 Å². The number of ketones is 1. The van der Waals surface area contributed by atoms with E-state index in [9.17, 15) is 4.79 Å². The van der Waals surface area contributed by atoms with Crippen LogP contribution < -0.4 is 5.73 Å². The van der Waals surface area contributed by atoms with Crippen molar-refractivity contribution in [3.05, 3.63) is 62.7 Å². The summed E-state index contributed by atoms with van der Waals surface area (Å²) in [5.74, 6) is -0.261. The highest BCUT2D eigenvalue weighted by Crippen LogP contribution is 2.32. The maximum Gasteiger partial charge on any atom is 0.196 e. The Labute approximate surface area is 135 Å². The third kappa shape index (κ3) is 2.38. The van der Waals surface area contributed by atoms with Gasteiger partial charge < -0.3 is 10.7 Å². The maximum atomic E-state index is 12.7. The molecule has 0 saturated carbocycles. The zero-order valence-corrected chi connectivity index (χ0v) is 12.9. The molecular weight excluding hydrogens is 331 g/mol. The van der Waals surface area contributed by atoms with Crippen LogP contribution in [0.1, 0.15) is 15.9 Å². The molecule has 0 saturated heterocycles. The first-order valence-corrected chi connectivity index (χ1v) is 7.17. The summed E-state index contributed by atoms with van der Waals surface area (Å²) in [7, 11) is 0. The molecule has 0 aliphatic carbocycles. The largest absolute Gasteiger partial charge is 0.399 e. The molecule has 0 spiro atoms. The Kier molecular flexibility index (Phi) is 3.57. The second-order valence-electron chi connectivity index (χ2n) is 4.56. The molecule has 3 aromatic rings. The van der Waals surface area contributed by atoms with Crippen molar-refractivity contribution in [2.45, 2.75) is 0 Å². The van der Waals surface area contributed by atoms with Crippen molar-refractivity contribution in [1.29, 1.82) is 0 Å². The van der Waals surface area contributed by atoms with Gasteiger partial charge in [0.05, 0.1) is 20.6 Å². The fourth-order valence-corrected chi connectivity index (χ4v) is 2.88. The van der Waals surface area contributed by atoms with Crippen LogP contribution in [-0.4, -0.2) is 10.8 Å². The molecule has 0 amide bonds. The van der Waals surface area contributed by atoms with Crippen LogP contribution in [-0.2, 0) is 0 Å². The Balaban J connectivity index is 2.20. The van der Waals surface area contributed by atoms with Gasteiger partial charge in [-0.1, -0.05) is 46.9 Å². The van der Waals surface area contributed by atoms with E-state index in [1.54, 1.807) is 18.3 Å². The van der Waals surface area contributed by atoms with Crippen molar-refractivity contribution in [3.8, 4) is 0 Å². The summed E-state index contributed by atoms with van der Waals surface area (Å²) in [6.07, 6.45) is 1.60. The van der Waals surface area contributed by atoms with Crippen LogP contribution in [0.2, 0.25) is 15.1 Å². The number of para-hydroxylation sites is 1. The summed E-state index contributed by atoms with van der Waals surface area (Å²) in [5.41, 5.74) is 7.55. The number of fused-ring (bicyclic) bond motifs is 1. The standard InChI is InChI=1S/C15H9Cl3N2O/c16-11-3-1-2-8-10(6-20-14(8)11)15(21)9-4-7(19)5-12(17)13(9)18/h1-6,20H,19H2. The minimum Gasteiger partial charge on any atom is -0.399 e. The number of nitrogens with one attached hydrogen (secondary N) is 1. The van der Waals surface area contributed by atoms with E-state index < -0.39 is 0 Å². The van der Waals surface area contributed by atoms with E-state index >= 15 is 0 Å². The van der Waals surface area contributed by atoms with Gasteiger partial charge in [-0.25, -0.2) is 0 Å². The number of carbonyl (C=O) groups is 1. The number of benzene rings is 2. The van der Waals surface area contributed by atoms with E-state index in [1.807, 2.05) is 6.07 Å². The molecule has 6 heteroatoms. The lowest BCUT2D eigenvalue weighted by Gasteiger charge is -2.06. The smallest absolute Gasteiger partial charge is 0.196 e. The lowest BCUT2D eigenvalue weighted by molar-refractivity contribution is 0.104. The zero-order valence-electron chi connectivity index (χ0n) is 10.6. The molecule has 1 heterocycles. The van der Waals surface area contributed by atoms with Gasteiger partial charge in [0.25, 0.3) is 0 Å². The number of aromatic nitrogens is 1. The van der Waals surface area contributed by atoms with Gasteiger partial charge in [-0.2, -0.15) is 0 Å². The summed E-state index contributed by atoms with van der Waals surface area (Å²) in [6, 6.07) is 8.36. The molecule has 3 nitrogen and oxygen atoms in total. The molecule has 0 aliphatic rings. The van der Waals surface area contributed by atoms with Crippen molar-refractivity contribution in [3.63, 3.8) is 0 Å². The fraction of sp³-hybridized carbons (Fsp3) is 0. The quantitative estimate of drug-likeness (QED) is 0.513. The summed E-state index contributed by atoms with van der Waals surface area (Å²) < 4.78 is 0. The Bertz CT molecular complexity index is 871. The van der Waals surface area contributed by atoms with E-state index in [4.69, 9.17) is 40.5 Å². The minimum absolute atomic E-state index is 0.187. The first kappa shape index (κ1) is 14.3. The number of aromatic amines is 1. The van der Waals surface area contributed by atoms with Crippen molar-refractivity contribution in [2.75, 3.05) is 5.73 Å². The van der Waals surface area contributed by atoms with E-state index in [-0.39, 0.29) is 21.4 Å². The van der Waals surface area contributed by atoms with Gasteiger partial charge >= 0.3 is 0 Å². The lowest BCUT2D eigenvalue weighted by atomic mass is 10.0. The predicted octanol–water partition coefficient (Wildman–Crippen LogP) is 4.94. The number of carbonyl (C=O) groups excluding carboxylic acids is 1. The molecule has 0 aliphatic heterocycles. The number of hydrogen-bond acceptors (Lipinski definition) is 2. The zero-order chi connectivity index (χ0) is 15.1. The molecule has 106 valence electrons. The van der Waals surface area contributed by atoms with Crippen LogP contribution in [0.3, 0.4) is 0 Å². The second-order valence-corrected chi connectivity index (χ2v) is 5.75. The predicted molar refractivity (Wildman–Crippen MR) is 87.6 cm³/mol. The minimum atomic E-state index is -0.261. The molecule has 0 fully saturated rings. The average Bonchev–Trinajstić information content (AvgIpc) is 2.87. The fourth-order valence-electron chi connectivity index (χ4n) is 2.23. The van der Waals surface area contributed by atoms with Gasteiger partial charge in [0.2, 0.25) is 0 Å². The van der Waals surface area contributed by atoms with Crippen LogP contribution in [0.5, 0.6) is 0 Å². The van der Waals surface area contributed by atoms with Gasteiger partial charge in [0.15, 0.2) is 5.78 Å². The van der Waals surface area contributed by atoms with Crippen LogP contribution in [0.25, 0.3) is 10.9 Å². The SMILES string of the molecule is Nc1cc(Cl)c(Cl)c(C(=O)c2c[nH]c3c(Cl)cccc23)c1. The van der Waals surface area contributed by atoms with E-state index in [1.165, 1.54) is 12.1 Å². The molecule has 3 rings (SSSR count). The third-order valence-corrected chi connectivity index (χ3v) is 4.32. The maximum absolute atomic E-state index is 12.7. The summed E-state index contributed by atoms with van der Waals surface area (Å²) in [5, 5.41) is 1.70. The van der Waals surface area contributed by atoms with Crippen molar-refractivity contribution < 1.29 is 4.79 Å². The van der Waals surface area contributed by atoms with Gasteiger partial charge in [-0.05, 0) is 18.2 Å². The number of rotatable bonds is 2. The van der Waals surface area contributed by atoms with Crippen LogP contribution >= 0.6 is 34.8 Å². The molecule has 0 bridgehead atoms. The van der Waals surface area contributed by atoms with Gasteiger partial charge in [0, 0.05) is 28.4 Å². The number of halogens is 3. The van der Waals surface area contributed by atoms with Crippen molar-refractivity contribution >= 4 is 57.2 Å². The highest BCUT2D eigenvalue weighted by atomic mass is 35.5. The number of nitrogen functional groups attached to an aromatic ring is 1. The van der Waals surface area contributed by atoms with Gasteiger partial charge in [-0.3, -0.25) is 4.79 Å². The second kappa shape index (κ2) is 5.26. The summed E-state index contributed by atoms with van der Waals surface area (Å²) in [4.78, 5) is 15.7. The number of anilines is 1. The summed E-state index contributed by atoms with van der Waals surface area (Å²) >= 11 is 18.2. The first-order chi connectivity index (χ1) is 9.99. The molecule has 3 N–H and O–H groups in total. The van der Waals surface area contributed by atoms with E-state index in [0.29, 0.717) is 21.8 Å². The molecule has 1 aromatic heterocycles. The van der Waals surface area contributed by atoms with Crippen LogP contribution in [0.4, 0.5) is 5.69 Å². The molecule has 0 unspecified atom stereocenters. The molecule has 21 heavy (non-hydrogen) atoms. The molecule has 0 radical (unpaired) electrons. The third-order valence-electron chi connectivity index (χ3n) is 3.20. The number of H-pyrrole nitrogens is 1. The Morgan fingerprint density at radius 1 is 1.05 bits per heavy atom. The normalized spacial score (nSPS) is 11.0. The van der Waals surface area contributed by atoms with Crippen molar-refractivity contribution in [1.82, 2.24) is 4.98 Å². The Morgan fingerprint density at radius 3 is 2.57 bits per heavy atom. The highest BCUT2D eigenvalue weighted by molar-refractivity contribution is 6.45. The Hall–Kier alpha value is -1.68. The summed E-state index contributed by atoms with van der Waals surface area (Å²) in [6.45, 7) is 0. The Morgan fingerprint density at radius 2 is 1.81 bits per heavy atom. The van der Waals surface area contributed by atoms with Crippen LogP contribution in [0, 0.1) is 0 Å². The lowest BCUT2D eigenvalue weighted by Crippen LogP contribution is -2.03. The molecule has 2 aromatic carbocycles. The van der Waals surface area contributed by atoms with E-state index in [2.05, 4.69) is 4.98 Å². The number of hydrogen-bond donors (Lipinski definition) is 2. The first-order valence-electron chi connectivity index (χ1n) is 6.04. The average molecular weight is 340 g/mol. The topological polar surface area (TPSA) is 58.9 Å². The van der Waals surface area contributed by atoms with Gasteiger partial charge in [0.1, 0.15) is 0 Å².